The van der Waals surface area contributed by atoms with Crippen LogP contribution in [0.2, 0.25) is 0 Å². The maximum atomic E-state index is 9.53. The summed E-state index contributed by atoms with van der Waals surface area (Å²) in [5.74, 6) is 0.218. The SMILES string of the molecule is C=C1CC[C@@](C)(c2ccc(C)cc2)[C@H]1CO. The zero-order valence-electron chi connectivity index (χ0n) is 10.2. The van der Waals surface area contributed by atoms with Crippen molar-refractivity contribution in [2.45, 2.75) is 32.1 Å². The van der Waals surface area contributed by atoms with Gasteiger partial charge in [0.05, 0.1) is 6.61 Å². The summed E-state index contributed by atoms with van der Waals surface area (Å²) >= 11 is 0. The minimum absolute atomic E-state index is 0.0690. The Bertz CT molecular complexity index is 390. The van der Waals surface area contributed by atoms with Crippen molar-refractivity contribution in [2.75, 3.05) is 6.61 Å². The van der Waals surface area contributed by atoms with E-state index >= 15 is 0 Å². The fraction of sp³-hybridized carbons (Fsp3) is 0.467. The average Bonchev–Trinajstić information content (AvgIpc) is 2.56. The van der Waals surface area contributed by atoms with Crippen molar-refractivity contribution < 1.29 is 5.11 Å². The maximum Gasteiger partial charge on any atom is 0.0504 e. The van der Waals surface area contributed by atoms with Crippen molar-refractivity contribution in [3.8, 4) is 0 Å². The van der Waals surface area contributed by atoms with Crippen LogP contribution in [0.25, 0.3) is 0 Å². The van der Waals surface area contributed by atoms with Crippen LogP contribution in [0.15, 0.2) is 36.4 Å². The lowest BCUT2D eigenvalue weighted by molar-refractivity contribution is 0.200. The molecule has 0 aromatic heterocycles. The first-order chi connectivity index (χ1) is 7.58. The van der Waals surface area contributed by atoms with E-state index in [0.29, 0.717) is 0 Å². The third kappa shape index (κ3) is 1.69. The summed E-state index contributed by atoms with van der Waals surface area (Å²) in [7, 11) is 0. The van der Waals surface area contributed by atoms with Crippen molar-refractivity contribution >= 4 is 0 Å². The molecule has 1 fully saturated rings. The predicted molar refractivity (Wildman–Crippen MR) is 67.5 cm³/mol. The van der Waals surface area contributed by atoms with Gasteiger partial charge in [-0.25, -0.2) is 0 Å². The molecule has 0 radical (unpaired) electrons. The lowest BCUT2D eigenvalue weighted by atomic mass is 9.73. The number of benzene rings is 1. The van der Waals surface area contributed by atoms with Gasteiger partial charge in [0, 0.05) is 11.3 Å². The monoisotopic (exact) mass is 216 g/mol. The van der Waals surface area contributed by atoms with Gasteiger partial charge < -0.3 is 5.11 Å². The van der Waals surface area contributed by atoms with Gasteiger partial charge in [-0.2, -0.15) is 0 Å². The van der Waals surface area contributed by atoms with Gasteiger partial charge in [0.25, 0.3) is 0 Å². The highest BCUT2D eigenvalue weighted by atomic mass is 16.3. The first-order valence-electron chi connectivity index (χ1n) is 5.93. The molecule has 1 nitrogen and oxygen atoms in total. The molecule has 2 atom stereocenters. The fourth-order valence-electron chi connectivity index (χ4n) is 2.83. The Labute approximate surface area is 97.8 Å². The summed E-state index contributed by atoms with van der Waals surface area (Å²) in [4.78, 5) is 0. The first kappa shape index (κ1) is 11.4. The molecule has 1 saturated carbocycles. The molecule has 0 amide bonds. The van der Waals surface area contributed by atoms with Crippen LogP contribution in [0.1, 0.15) is 30.9 Å². The Balaban J connectivity index is 2.38. The van der Waals surface area contributed by atoms with Crippen LogP contribution >= 0.6 is 0 Å². The van der Waals surface area contributed by atoms with Gasteiger partial charge in [0.15, 0.2) is 0 Å². The summed E-state index contributed by atoms with van der Waals surface area (Å²) in [5.41, 5.74) is 3.88. The van der Waals surface area contributed by atoms with E-state index in [4.69, 9.17) is 0 Å². The molecule has 0 saturated heterocycles. The summed E-state index contributed by atoms with van der Waals surface area (Å²) in [6.45, 7) is 8.64. The average molecular weight is 216 g/mol. The van der Waals surface area contributed by atoms with Gasteiger partial charge in [-0.05, 0) is 25.3 Å². The number of rotatable bonds is 2. The highest BCUT2D eigenvalue weighted by Gasteiger charge is 2.41. The fourth-order valence-corrected chi connectivity index (χ4v) is 2.83. The van der Waals surface area contributed by atoms with E-state index in [1.807, 2.05) is 0 Å². The smallest absolute Gasteiger partial charge is 0.0504 e. The molecule has 16 heavy (non-hydrogen) atoms. The highest BCUT2D eigenvalue weighted by molar-refractivity contribution is 5.34. The minimum Gasteiger partial charge on any atom is -0.396 e. The second-order valence-corrected chi connectivity index (χ2v) is 5.18. The van der Waals surface area contributed by atoms with Gasteiger partial charge in [-0.3, -0.25) is 0 Å². The molecule has 1 aliphatic rings. The lowest BCUT2D eigenvalue weighted by Crippen LogP contribution is -2.29. The third-order valence-electron chi connectivity index (χ3n) is 4.12. The number of aliphatic hydroxyl groups is 1. The molecule has 1 aliphatic carbocycles. The summed E-state index contributed by atoms with van der Waals surface area (Å²) in [5, 5.41) is 9.53. The van der Waals surface area contributed by atoms with Crippen LogP contribution in [-0.4, -0.2) is 11.7 Å². The second-order valence-electron chi connectivity index (χ2n) is 5.18. The molecule has 0 unspecified atom stereocenters. The van der Waals surface area contributed by atoms with Gasteiger partial charge in [0.1, 0.15) is 0 Å². The van der Waals surface area contributed by atoms with Gasteiger partial charge in [-0.15, -0.1) is 0 Å². The molecule has 0 bridgehead atoms. The lowest BCUT2D eigenvalue weighted by Gasteiger charge is -2.31. The molecule has 1 aromatic carbocycles. The zero-order valence-corrected chi connectivity index (χ0v) is 10.2. The maximum absolute atomic E-state index is 9.53. The van der Waals surface area contributed by atoms with E-state index in [1.165, 1.54) is 16.7 Å². The van der Waals surface area contributed by atoms with Crippen molar-refractivity contribution in [3.05, 3.63) is 47.5 Å². The first-order valence-corrected chi connectivity index (χ1v) is 5.93. The van der Waals surface area contributed by atoms with Gasteiger partial charge >= 0.3 is 0 Å². The van der Waals surface area contributed by atoms with Crippen molar-refractivity contribution in [1.82, 2.24) is 0 Å². The number of hydrogen-bond donors (Lipinski definition) is 1. The van der Waals surface area contributed by atoms with E-state index in [2.05, 4.69) is 44.7 Å². The molecule has 1 N–H and O–H groups in total. The van der Waals surface area contributed by atoms with E-state index in [-0.39, 0.29) is 17.9 Å². The summed E-state index contributed by atoms with van der Waals surface area (Å²) < 4.78 is 0. The molecule has 0 spiro atoms. The zero-order chi connectivity index (χ0) is 11.8. The Morgan fingerprint density at radius 2 is 2.00 bits per heavy atom. The molecule has 2 rings (SSSR count). The number of aliphatic hydroxyl groups excluding tert-OH is 1. The molecule has 86 valence electrons. The summed E-state index contributed by atoms with van der Waals surface area (Å²) in [6, 6.07) is 8.68. The van der Waals surface area contributed by atoms with E-state index in [1.54, 1.807) is 0 Å². The second kappa shape index (κ2) is 4.06. The van der Waals surface area contributed by atoms with E-state index < -0.39 is 0 Å². The Hall–Kier alpha value is -1.08. The van der Waals surface area contributed by atoms with E-state index in [9.17, 15) is 5.11 Å². The normalized spacial score (nSPS) is 29.7. The van der Waals surface area contributed by atoms with Crippen LogP contribution in [0.4, 0.5) is 0 Å². The van der Waals surface area contributed by atoms with E-state index in [0.717, 1.165) is 12.8 Å². The number of hydrogen-bond acceptors (Lipinski definition) is 1. The quantitative estimate of drug-likeness (QED) is 0.753. The van der Waals surface area contributed by atoms with Crippen LogP contribution < -0.4 is 0 Å². The van der Waals surface area contributed by atoms with Crippen LogP contribution in [0.5, 0.6) is 0 Å². The van der Waals surface area contributed by atoms with Crippen LogP contribution in [-0.2, 0) is 5.41 Å². The minimum atomic E-state index is 0.0690. The van der Waals surface area contributed by atoms with Gasteiger partial charge in [-0.1, -0.05) is 48.9 Å². The predicted octanol–water partition coefficient (Wildman–Crippen LogP) is 3.21. The molecular weight excluding hydrogens is 196 g/mol. The van der Waals surface area contributed by atoms with Gasteiger partial charge in [0.2, 0.25) is 0 Å². The Kier molecular flexibility index (Phi) is 2.90. The standard InChI is InChI=1S/C15H20O/c1-11-4-6-13(7-5-11)15(3)9-8-12(2)14(15)10-16/h4-7,14,16H,2,8-10H2,1,3H3/t14-,15-/m0/s1. The number of aryl methyl sites for hydroxylation is 1. The molecule has 0 aliphatic heterocycles. The highest BCUT2D eigenvalue weighted by Crippen LogP contribution is 2.47. The van der Waals surface area contributed by atoms with Crippen molar-refractivity contribution in [1.29, 1.82) is 0 Å². The molecule has 1 aromatic rings. The third-order valence-corrected chi connectivity index (χ3v) is 4.12. The Morgan fingerprint density at radius 3 is 2.56 bits per heavy atom. The van der Waals surface area contributed by atoms with Crippen molar-refractivity contribution in [3.63, 3.8) is 0 Å². The summed E-state index contributed by atoms with van der Waals surface area (Å²) in [6.07, 6.45) is 2.13. The molecule has 0 heterocycles. The van der Waals surface area contributed by atoms with Crippen molar-refractivity contribution in [2.24, 2.45) is 5.92 Å². The van der Waals surface area contributed by atoms with Crippen LogP contribution in [0.3, 0.4) is 0 Å². The molecule has 1 heteroatoms. The Morgan fingerprint density at radius 1 is 1.38 bits per heavy atom. The van der Waals surface area contributed by atoms with Crippen LogP contribution in [0, 0.1) is 12.8 Å². The molecular formula is C15H20O. The largest absolute Gasteiger partial charge is 0.396 e. The topological polar surface area (TPSA) is 20.2 Å².